The first-order chi connectivity index (χ1) is 17.9. The van der Waals surface area contributed by atoms with Crippen LogP contribution in [0.25, 0.3) is 28.2 Å². The van der Waals surface area contributed by atoms with Gasteiger partial charge in [-0.1, -0.05) is 25.3 Å². The summed E-state index contributed by atoms with van der Waals surface area (Å²) in [6, 6.07) is 12.1. The molecule has 1 aliphatic carbocycles. The van der Waals surface area contributed by atoms with E-state index in [1.54, 1.807) is 7.11 Å². The maximum atomic E-state index is 13.6. The van der Waals surface area contributed by atoms with E-state index < -0.39 is 10.8 Å². The Hall–Kier alpha value is -2.90. The highest BCUT2D eigenvalue weighted by molar-refractivity contribution is 7.89. The molecule has 0 spiro atoms. The van der Waals surface area contributed by atoms with Gasteiger partial charge in [0.1, 0.15) is 5.75 Å². The molecule has 0 bridgehead atoms. The lowest BCUT2D eigenvalue weighted by atomic mass is 9.81. The zero-order valence-corrected chi connectivity index (χ0v) is 23.0. The molecule has 1 unspecified atom stereocenters. The van der Waals surface area contributed by atoms with Gasteiger partial charge in [-0.05, 0) is 80.4 Å². The first kappa shape index (κ1) is 25.7. The number of hydrogen-bond donors (Lipinski definition) is 0. The van der Waals surface area contributed by atoms with Crippen LogP contribution in [0, 0.1) is 0 Å². The van der Waals surface area contributed by atoms with E-state index in [4.69, 9.17) is 9.47 Å². The molecule has 1 fully saturated rings. The van der Waals surface area contributed by atoms with Gasteiger partial charge in [0.2, 0.25) is 0 Å². The van der Waals surface area contributed by atoms with Crippen molar-refractivity contribution >= 4 is 33.7 Å². The second kappa shape index (κ2) is 10.8. The Labute approximate surface area is 221 Å². The summed E-state index contributed by atoms with van der Waals surface area (Å²) in [5.41, 5.74) is 6.21. The fraction of sp³-hybridized carbons (Fsp3) is 0.433. The maximum Gasteiger partial charge on any atom is 0.337 e. The summed E-state index contributed by atoms with van der Waals surface area (Å²) in [6.07, 6.45) is 8.14. The lowest BCUT2D eigenvalue weighted by molar-refractivity contribution is 0.0601. The maximum absolute atomic E-state index is 13.6. The van der Waals surface area contributed by atoms with Crippen molar-refractivity contribution in [3.63, 3.8) is 0 Å². The third kappa shape index (κ3) is 4.99. The summed E-state index contributed by atoms with van der Waals surface area (Å²) in [7, 11) is 5.94. The molecule has 1 atom stereocenters. The van der Waals surface area contributed by atoms with Crippen LogP contribution in [0.3, 0.4) is 0 Å². The first-order valence-corrected chi connectivity index (χ1v) is 14.4. The van der Waals surface area contributed by atoms with E-state index in [0.717, 1.165) is 46.7 Å². The van der Waals surface area contributed by atoms with Gasteiger partial charge in [-0.25, -0.2) is 4.79 Å². The minimum absolute atomic E-state index is 0.347. The number of carbonyl (C=O) groups excluding carboxylic acids is 1. The number of benzene rings is 2. The van der Waals surface area contributed by atoms with Crippen molar-refractivity contribution in [3.05, 3.63) is 58.0 Å². The number of aromatic nitrogens is 1. The molecule has 1 saturated carbocycles. The number of esters is 1. The summed E-state index contributed by atoms with van der Waals surface area (Å²) in [5, 5.41) is 1.18. The topological polar surface area (TPSA) is 60.8 Å². The molecule has 7 heteroatoms. The van der Waals surface area contributed by atoms with E-state index in [0.29, 0.717) is 23.8 Å². The van der Waals surface area contributed by atoms with Gasteiger partial charge in [0.05, 0.1) is 42.8 Å². The minimum Gasteiger partial charge on any atom is -0.497 e. The van der Waals surface area contributed by atoms with Crippen LogP contribution >= 0.6 is 0 Å². The second-order valence-corrected chi connectivity index (χ2v) is 11.9. The number of ether oxygens (including phenoxy) is 2. The third-order valence-corrected chi connectivity index (χ3v) is 9.08. The number of rotatable bonds is 7. The van der Waals surface area contributed by atoms with Gasteiger partial charge in [0.25, 0.3) is 0 Å². The van der Waals surface area contributed by atoms with Crippen LogP contribution in [0.4, 0.5) is 0 Å². The first-order valence-electron chi connectivity index (χ1n) is 13.1. The smallest absolute Gasteiger partial charge is 0.337 e. The highest BCUT2D eigenvalue weighted by atomic mass is 32.2. The molecule has 1 aromatic heterocycles. The molecule has 2 aromatic carbocycles. The van der Waals surface area contributed by atoms with Crippen LogP contribution in [0.5, 0.6) is 5.75 Å². The van der Waals surface area contributed by atoms with Gasteiger partial charge in [-0.3, -0.25) is 4.21 Å². The van der Waals surface area contributed by atoms with Crippen LogP contribution < -0.4 is 4.74 Å². The van der Waals surface area contributed by atoms with Crippen molar-refractivity contribution < 1.29 is 18.5 Å². The minimum atomic E-state index is -1.15. The summed E-state index contributed by atoms with van der Waals surface area (Å²) in [4.78, 5) is 15.4. The molecule has 6 nitrogen and oxygen atoms in total. The van der Waals surface area contributed by atoms with E-state index in [1.807, 2.05) is 32.3 Å². The quantitative estimate of drug-likeness (QED) is 0.368. The Bertz CT molecular complexity index is 1380. The van der Waals surface area contributed by atoms with Crippen molar-refractivity contribution in [1.29, 1.82) is 0 Å². The zero-order chi connectivity index (χ0) is 26.1. The van der Waals surface area contributed by atoms with Gasteiger partial charge >= 0.3 is 5.97 Å². The molecule has 0 saturated heterocycles. The van der Waals surface area contributed by atoms with Crippen LogP contribution in [0.2, 0.25) is 0 Å². The van der Waals surface area contributed by atoms with Crippen LogP contribution in [-0.2, 0) is 22.1 Å². The lowest BCUT2D eigenvalue weighted by Gasteiger charge is -2.24. The van der Waals surface area contributed by atoms with Crippen molar-refractivity contribution in [2.45, 2.75) is 44.6 Å². The van der Waals surface area contributed by atoms with E-state index in [2.05, 4.69) is 33.7 Å². The van der Waals surface area contributed by atoms with Gasteiger partial charge in [-0.15, -0.1) is 0 Å². The average Bonchev–Trinajstić information content (AvgIpc) is 3.13. The van der Waals surface area contributed by atoms with Gasteiger partial charge in [0.15, 0.2) is 0 Å². The Morgan fingerprint density at radius 3 is 2.57 bits per heavy atom. The fourth-order valence-electron chi connectivity index (χ4n) is 5.79. The molecule has 0 amide bonds. The Morgan fingerprint density at radius 2 is 1.86 bits per heavy atom. The highest BCUT2D eigenvalue weighted by Crippen LogP contribution is 2.47. The fourth-order valence-corrected chi connectivity index (χ4v) is 7.12. The van der Waals surface area contributed by atoms with Gasteiger partial charge < -0.3 is 18.9 Å². The summed E-state index contributed by atoms with van der Waals surface area (Å²) >= 11 is 0. The monoisotopic (exact) mass is 520 g/mol. The molecule has 196 valence electrons. The van der Waals surface area contributed by atoms with Crippen LogP contribution in [-0.4, -0.2) is 60.3 Å². The number of fused-ring (bicyclic) bond motifs is 5. The number of nitrogens with zero attached hydrogens (tertiary/aromatic N) is 2. The molecule has 0 N–H and O–H groups in total. The summed E-state index contributed by atoms with van der Waals surface area (Å²) < 4.78 is 26.5. The van der Waals surface area contributed by atoms with E-state index >= 15 is 0 Å². The highest BCUT2D eigenvalue weighted by Gasteiger charge is 2.30. The second-order valence-electron chi connectivity index (χ2n) is 10.3. The SMILES string of the molecule is COC(=O)c1ccc2c(C3CCCCC3)c3n(c2c1)CC(S(=O)CCN(C)C)=Cc1cc(OC)ccc1-3. The lowest BCUT2D eigenvalue weighted by Crippen LogP contribution is -2.20. The van der Waals surface area contributed by atoms with Crippen molar-refractivity contribution in [2.75, 3.05) is 40.6 Å². The van der Waals surface area contributed by atoms with Crippen molar-refractivity contribution in [3.8, 4) is 17.0 Å². The van der Waals surface area contributed by atoms with Gasteiger partial charge in [-0.2, -0.15) is 0 Å². The molecule has 5 rings (SSSR count). The average molecular weight is 521 g/mol. The number of allylic oxidation sites excluding steroid dienone is 1. The molecular weight excluding hydrogens is 484 g/mol. The number of carbonyl (C=O) groups is 1. The molecule has 3 aromatic rings. The molecule has 0 radical (unpaired) electrons. The molecule has 1 aliphatic heterocycles. The molecule has 2 heterocycles. The Kier molecular flexibility index (Phi) is 7.54. The summed E-state index contributed by atoms with van der Waals surface area (Å²) in [6.45, 7) is 1.26. The Morgan fingerprint density at radius 1 is 1.08 bits per heavy atom. The van der Waals surface area contributed by atoms with Gasteiger partial charge in [0, 0.05) is 33.7 Å². The van der Waals surface area contributed by atoms with Crippen molar-refractivity contribution in [1.82, 2.24) is 9.47 Å². The number of methoxy groups -OCH3 is 2. The van der Waals surface area contributed by atoms with E-state index in [9.17, 15) is 9.00 Å². The normalized spacial score (nSPS) is 16.6. The predicted octanol–water partition coefficient (Wildman–Crippen LogP) is 5.82. The number of hydrogen-bond acceptors (Lipinski definition) is 5. The largest absolute Gasteiger partial charge is 0.497 e. The molecule has 37 heavy (non-hydrogen) atoms. The molecular formula is C30H36N2O4S. The third-order valence-electron chi connectivity index (χ3n) is 7.70. The van der Waals surface area contributed by atoms with Crippen LogP contribution in [0.15, 0.2) is 41.3 Å². The zero-order valence-electron chi connectivity index (χ0n) is 22.2. The molecule has 2 aliphatic rings. The van der Waals surface area contributed by atoms with Crippen molar-refractivity contribution in [2.24, 2.45) is 0 Å². The summed E-state index contributed by atoms with van der Waals surface area (Å²) in [5.74, 6) is 1.45. The predicted molar refractivity (Wildman–Crippen MR) is 151 cm³/mol. The Balaban J connectivity index is 1.77. The van der Waals surface area contributed by atoms with Crippen LogP contribution in [0.1, 0.15) is 59.5 Å². The van der Waals surface area contributed by atoms with E-state index in [-0.39, 0.29) is 5.97 Å². The standard InChI is InChI=1S/C30H36N2O4S/c1-31(2)14-15-37(34)24-17-22-16-23(35-3)11-13-25(22)29-28(20-8-6-5-7-9-20)26-12-10-21(30(33)36-4)18-27(26)32(29)19-24/h10-13,16-18,20H,5-9,14-15,19H2,1-4H3. The van der Waals surface area contributed by atoms with E-state index in [1.165, 1.54) is 43.0 Å².